The van der Waals surface area contributed by atoms with Crippen molar-refractivity contribution in [1.29, 1.82) is 0 Å². The van der Waals surface area contributed by atoms with E-state index in [0.717, 1.165) is 0 Å². The molecule has 0 radical (unpaired) electrons. The Kier molecular flexibility index (Phi) is 13.7. The lowest BCUT2D eigenvalue weighted by molar-refractivity contribution is 0.550. The molecule has 0 N–H and O–H groups in total. The second-order valence-electron chi connectivity index (χ2n) is 7.11. The minimum Gasteiger partial charge on any atom is -0.145 e. The van der Waals surface area contributed by atoms with Gasteiger partial charge in [0.15, 0.2) is 0 Å². The molecule has 0 spiro atoms. The molecule has 0 nitrogen and oxygen atoms in total. The maximum Gasteiger partial charge on any atom is 0.00481 e. The third-order valence-corrected chi connectivity index (χ3v) is 5.98. The molecule has 0 atom stereocenters. The molecule has 1 rings (SSSR count). The third kappa shape index (κ3) is 11.8. The molecule has 1 heteroatoms. The fraction of sp³-hybridized carbons (Fsp3) is 0.818. The van der Waals surface area contributed by atoms with Gasteiger partial charge in [-0.1, -0.05) is 90.9 Å². The molecule has 1 aromatic rings. The van der Waals surface area contributed by atoms with Gasteiger partial charge in [-0.05, 0) is 37.8 Å². The minimum absolute atomic E-state index is 1.30. The van der Waals surface area contributed by atoms with Gasteiger partial charge in [-0.25, -0.2) is 0 Å². The second kappa shape index (κ2) is 15.2. The Labute approximate surface area is 150 Å². The molecule has 0 saturated heterocycles. The smallest absolute Gasteiger partial charge is 0.00481 e. The van der Waals surface area contributed by atoms with Crippen LogP contribution in [0.2, 0.25) is 0 Å². The summed E-state index contributed by atoms with van der Waals surface area (Å²) in [5, 5.41) is 0. The van der Waals surface area contributed by atoms with Gasteiger partial charge in [0, 0.05) is 9.75 Å². The van der Waals surface area contributed by atoms with E-state index >= 15 is 0 Å². The highest BCUT2D eigenvalue weighted by molar-refractivity contribution is 7.11. The highest BCUT2D eigenvalue weighted by atomic mass is 32.1. The monoisotopic (exact) mass is 336 g/mol. The van der Waals surface area contributed by atoms with Gasteiger partial charge < -0.3 is 0 Å². The summed E-state index contributed by atoms with van der Waals surface area (Å²) < 4.78 is 0. The van der Waals surface area contributed by atoms with Crippen molar-refractivity contribution in [3.05, 3.63) is 21.9 Å². The van der Waals surface area contributed by atoms with E-state index in [1.807, 2.05) is 0 Å². The van der Waals surface area contributed by atoms with Crippen molar-refractivity contribution in [2.24, 2.45) is 0 Å². The molecule has 0 aliphatic heterocycles. The highest BCUT2D eigenvalue weighted by Gasteiger charge is 2.00. The summed E-state index contributed by atoms with van der Waals surface area (Å²) in [5.74, 6) is 0. The average molecular weight is 337 g/mol. The van der Waals surface area contributed by atoms with Crippen LogP contribution in [0.5, 0.6) is 0 Å². The van der Waals surface area contributed by atoms with E-state index in [1.54, 1.807) is 9.75 Å². The molecule has 0 aromatic carbocycles. The maximum absolute atomic E-state index is 2.38. The van der Waals surface area contributed by atoms with Crippen molar-refractivity contribution in [3.63, 3.8) is 0 Å². The first-order chi connectivity index (χ1) is 11.4. The van der Waals surface area contributed by atoms with Crippen LogP contribution in [0.4, 0.5) is 0 Å². The second-order valence-corrected chi connectivity index (χ2v) is 8.36. The van der Waals surface area contributed by atoms with Gasteiger partial charge in [-0.3, -0.25) is 0 Å². The Morgan fingerprint density at radius 1 is 0.522 bits per heavy atom. The summed E-state index contributed by atoms with van der Waals surface area (Å²) in [4.78, 5) is 3.23. The number of hydrogen-bond acceptors (Lipinski definition) is 1. The van der Waals surface area contributed by atoms with Crippen molar-refractivity contribution in [1.82, 2.24) is 0 Å². The minimum atomic E-state index is 1.30. The number of thiophene rings is 1. The molecule has 0 aliphatic carbocycles. The molecule has 23 heavy (non-hydrogen) atoms. The molecule has 0 amide bonds. The first kappa shape index (κ1) is 20.7. The van der Waals surface area contributed by atoms with Crippen LogP contribution < -0.4 is 0 Å². The Hall–Kier alpha value is -0.300. The van der Waals surface area contributed by atoms with Crippen molar-refractivity contribution < 1.29 is 0 Å². The standard InChI is InChI=1S/C22H40S/c1-3-5-7-8-9-10-11-12-13-14-16-18-22-20-19-21(23-22)17-15-6-4-2/h19-20H,3-18H2,1-2H3. The lowest BCUT2D eigenvalue weighted by Crippen LogP contribution is -1.84. The summed E-state index contributed by atoms with van der Waals surface area (Å²) in [6.45, 7) is 4.58. The van der Waals surface area contributed by atoms with Gasteiger partial charge >= 0.3 is 0 Å². The van der Waals surface area contributed by atoms with Crippen molar-refractivity contribution in [2.45, 2.75) is 117 Å². The number of rotatable bonds is 16. The van der Waals surface area contributed by atoms with Crippen LogP contribution in [0.25, 0.3) is 0 Å². The van der Waals surface area contributed by atoms with Gasteiger partial charge in [-0.2, -0.15) is 0 Å². The van der Waals surface area contributed by atoms with Crippen molar-refractivity contribution >= 4 is 11.3 Å². The van der Waals surface area contributed by atoms with E-state index in [2.05, 4.69) is 37.3 Å². The fourth-order valence-electron chi connectivity index (χ4n) is 3.20. The Morgan fingerprint density at radius 2 is 0.870 bits per heavy atom. The van der Waals surface area contributed by atoms with Crippen LogP contribution in [0.3, 0.4) is 0 Å². The van der Waals surface area contributed by atoms with Gasteiger partial charge in [0.25, 0.3) is 0 Å². The predicted molar refractivity (Wildman–Crippen MR) is 108 cm³/mol. The summed E-state index contributed by atoms with van der Waals surface area (Å²) in [5.41, 5.74) is 0. The van der Waals surface area contributed by atoms with E-state index in [0.29, 0.717) is 0 Å². The van der Waals surface area contributed by atoms with Gasteiger partial charge in [0.1, 0.15) is 0 Å². The molecule has 0 bridgehead atoms. The lowest BCUT2D eigenvalue weighted by Gasteiger charge is -2.02. The largest absolute Gasteiger partial charge is 0.145 e. The molecule has 0 unspecified atom stereocenters. The molecule has 0 fully saturated rings. The Morgan fingerprint density at radius 3 is 1.35 bits per heavy atom. The molecule has 1 heterocycles. The normalized spacial score (nSPS) is 11.2. The van der Waals surface area contributed by atoms with Crippen LogP contribution in [0, 0.1) is 0 Å². The van der Waals surface area contributed by atoms with Gasteiger partial charge in [0.2, 0.25) is 0 Å². The quantitative estimate of drug-likeness (QED) is 0.266. The third-order valence-electron chi connectivity index (χ3n) is 4.77. The van der Waals surface area contributed by atoms with E-state index in [4.69, 9.17) is 0 Å². The van der Waals surface area contributed by atoms with Gasteiger partial charge in [-0.15, -0.1) is 11.3 Å². The topological polar surface area (TPSA) is 0 Å². The SMILES string of the molecule is CCCCCCCCCCCCCc1ccc(CCCCC)s1. The summed E-state index contributed by atoms with van der Waals surface area (Å²) in [6, 6.07) is 4.75. The summed E-state index contributed by atoms with van der Waals surface area (Å²) >= 11 is 2.06. The van der Waals surface area contributed by atoms with Crippen LogP contribution in [-0.2, 0) is 12.8 Å². The van der Waals surface area contributed by atoms with E-state index in [9.17, 15) is 0 Å². The zero-order valence-electron chi connectivity index (χ0n) is 15.9. The highest BCUT2D eigenvalue weighted by Crippen LogP contribution is 2.21. The first-order valence-electron chi connectivity index (χ1n) is 10.4. The molecule has 0 saturated carbocycles. The number of aryl methyl sites for hydroxylation is 2. The molecule has 1 aromatic heterocycles. The number of unbranched alkanes of at least 4 members (excludes halogenated alkanes) is 12. The summed E-state index contributed by atoms with van der Waals surface area (Å²) in [7, 11) is 0. The van der Waals surface area contributed by atoms with Crippen LogP contribution in [0.15, 0.2) is 12.1 Å². The van der Waals surface area contributed by atoms with Crippen LogP contribution >= 0.6 is 11.3 Å². The lowest BCUT2D eigenvalue weighted by atomic mass is 10.1. The molecular formula is C22H40S. The Balaban J connectivity index is 1.89. The first-order valence-corrected chi connectivity index (χ1v) is 11.3. The molecular weight excluding hydrogens is 296 g/mol. The average Bonchev–Trinajstić information content (AvgIpc) is 3.01. The zero-order valence-corrected chi connectivity index (χ0v) is 16.7. The molecule has 0 aliphatic rings. The number of hydrogen-bond donors (Lipinski definition) is 0. The van der Waals surface area contributed by atoms with Crippen molar-refractivity contribution in [2.75, 3.05) is 0 Å². The van der Waals surface area contributed by atoms with E-state index < -0.39 is 0 Å². The van der Waals surface area contributed by atoms with E-state index in [1.165, 1.54) is 103 Å². The zero-order chi connectivity index (χ0) is 16.6. The predicted octanol–water partition coefficient (Wildman–Crippen LogP) is 8.33. The fourth-order valence-corrected chi connectivity index (χ4v) is 4.31. The van der Waals surface area contributed by atoms with Crippen LogP contribution in [-0.4, -0.2) is 0 Å². The van der Waals surface area contributed by atoms with Crippen molar-refractivity contribution in [3.8, 4) is 0 Å². The summed E-state index contributed by atoms with van der Waals surface area (Å²) in [6.07, 6.45) is 22.6. The van der Waals surface area contributed by atoms with E-state index in [-0.39, 0.29) is 0 Å². The molecule has 134 valence electrons. The van der Waals surface area contributed by atoms with Crippen LogP contribution in [0.1, 0.15) is 113 Å². The Bertz CT molecular complexity index is 353. The maximum atomic E-state index is 2.38. The van der Waals surface area contributed by atoms with Gasteiger partial charge in [0.05, 0.1) is 0 Å².